The zero-order valence-electron chi connectivity index (χ0n) is 12.5. The van der Waals surface area contributed by atoms with Gasteiger partial charge in [0.25, 0.3) is 0 Å². The number of oxazole rings is 1. The Labute approximate surface area is 142 Å². The summed E-state index contributed by atoms with van der Waals surface area (Å²) in [5.74, 6) is 1.59. The first kappa shape index (κ1) is 16.7. The molecular formula is C16H20Br2N2O. The molecule has 0 radical (unpaired) electrons. The van der Waals surface area contributed by atoms with E-state index in [0.717, 1.165) is 45.5 Å². The van der Waals surface area contributed by atoms with Crippen molar-refractivity contribution in [1.29, 1.82) is 0 Å². The van der Waals surface area contributed by atoms with Crippen LogP contribution in [0.25, 0.3) is 11.3 Å². The smallest absolute Gasteiger partial charge is 0.194 e. The molecule has 1 N–H and O–H groups in total. The summed E-state index contributed by atoms with van der Waals surface area (Å²) in [6.07, 6.45) is 3.65. The molecule has 1 aromatic heterocycles. The van der Waals surface area contributed by atoms with Crippen molar-refractivity contribution in [2.45, 2.75) is 39.2 Å². The second-order valence-electron chi connectivity index (χ2n) is 6.02. The van der Waals surface area contributed by atoms with Crippen molar-refractivity contribution in [1.82, 2.24) is 10.3 Å². The highest BCUT2D eigenvalue weighted by Gasteiger charge is 2.11. The Bertz CT molecular complexity index is 603. The van der Waals surface area contributed by atoms with E-state index in [2.05, 4.69) is 62.9 Å². The number of hydrogen-bond donors (Lipinski definition) is 1. The Morgan fingerprint density at radius 1 is 1.24 bits per heavy atom. The van der Waals surface area contributed by atoms with Gasteiger partial charge in [0, 0.05) is 26.5 Å². The number of halogens is 2. The average Bonchev–Trinajstić information content (AvgIpc) is 2.82. The third kappa shape index (κ3) is 5.24. The maximum absolute atomic E-state index is 5.84. The summed E-state index contributed by atoms with van der Waals surface area (Å²) in [7, 11) is 0. The minimum absolute atomic E-state index is 0.157. The van der Waals surface area contributed by atoms with Gasteiger partial charge in [0.05, 0.1) is 6.20 Å². The lowest BCUT2D eigenvalue weighted by molar-refractivity contribution is 0.412. The molecule has 114 valence electrons. The Balaban J connectivity index is 1.95. The standard InChI is InChI=1S/C16H20Br2N2O/c1-16(2,3)20-8-4-5-15-19-10-14(21-15)12-7-6-11(17)9-13(12)18/h6-7,9-10,20H,4-5,8H2,1-3H3. The van der Waals surface area contributed by atoms with Crippen LogP contribution < -0.4 is 5.32 Å². The van der Waals surface area contributed by atoms with Crippen LogP contribution in [0.4, 0.5) is 0 Å². The Morgan fingerprint density at radius 2 is 2.00 bits per heavy atom. The molecule has 21 heavy (non-hydrogen) atoms. The van der Waals surface area contributed by atoms with Gasteiger partial charge in [-0.25, -0.2) is 4.98 Å². The quantitative estimate of drug-likeness (QED) is 0.683. The second kappa shape index (κ2) is 7.07. The molecule has 0 atom stereocenters. The predicted molar refractivity (Wildman–Crippen MR) is 93.4 cm³/mol. The minimum Gasteiger partial charge on any atom is -0.441 e. The minimum atomic E-state index is 0.157. The number of aryl methyl sites for hydroxylation is 1. The molecule has 0 saturated carbocycles. The van der Waals surface area contributed by atoms with Crippen LogP contribution in [0.1, 0.15) is 33.1 Å². The molecule has 0 aliphatic heterocycles. The van der Waals surface area contributed by atoms with E-state index >= 15 is 0 Å². The first-order valence-corrected chi connectivity index (χ1v) is 8.59. The number of aromatic nitrogens is 1. The van der Waals surface area contributed by atoms with Crippen molar-refractivity contribution in [2.24, 2.45) is 0 Å². The van der Waals surface area contributed by atoms with Crippen LogP contribution in [0.2, 0.25) is 0 Å². The Kier molecular flexibility index (Phi) is 5.63. The van der Waals surface area contributed by atoms with E-state index in [0.29, 0.717) is 0 Å². The van der Waals surface area contributed by atoms with Crippen LogP contribution in [0.5, 0.6) is 0 Å². The molecule has 0 aliphatic carbocycles. The molecule has 2 aromatic rings. The summed E-state index contributed by atoms with van der Waals surface area (Å²) in [5.41, 5.74) is 1.18. The van der Waals surface area contributed by atoms with E-state index in [1.165, 1.54) is 0 Å². The molecule has 3 nitrogen and oxygen atoms in total. The number of hydrogen-bond acceptors (Lipinski definition) is 3. The zero-order chi connectivity index (χ0) is 15.5. The van der Waals surface area contributed by atoms with Crippen molar-refractivity contribution in [3.8, 4) is 11.3 Å². The van der Waals surface area contributed by atoms with Crippen molar-refractivity contribution < 1.29 is 4.42 Å². The van der Waals surface area contributed by atoms with E-state index in [-0.39, 0.29) is 5.54 Å². The fourth-order valence-electron chi connectivity index (χ4n) is 1.94. The van der Waals surface area contributed by atoms with Gasteiger partial charge in [-0.3, -0.25) is 0 Å². The monoisotopic (exact) mass is 414 g/mol. The topological polar surface area (TPSA) is 38.1 Å². The fraction of sp³-hybridized carbons (Fsp3) is 0.438. The summed E-state index contributed by atoms with van der Waals surface area (Å²) in [6, 6.07) is 6.01. The van der Waals surface area contributed by atoms with Crippen molar-refractivity contribution in [2.75, 3.05) is 6.54 Å². The number of nitrogens with zero attached hydrogens (tertiary/aromatic N) is 1. The first-order chi connectivity index (χ1) is 9.85. The van der Waals surface area contributed by atoms with Gasteiger partial charge in [0.2, 0.25) is 0 Å². The van der Waals surface area contributed by atoms with E-state index in [9.17, 15) is 0 Å². The van der Waals surface area contributed by atoms with E-state index in [1.54, 1.807) is 6.20 Å². The highest BCUT2D eigenvalue weighted by atomic mass is 79.9. The van der Waals surface area contributed by atoms with Gasteiger partial charge in [0.15, 0.2) is 11.7 Å². The van der Waals surface area contributed by atoms with Gasteiger partial charge in [0.1, 0.15) is 0 Å². The normalized spacial score (nSPS) is 11.9. The molecule has 0 aliphatic rings. The average molecular weight is 416 g/mol. The molecule has 0 unspecified atom stereocenters. The maximum atomic E-state index is 5.84. The molecule has 0 amide bonds. The van der Waals surface area contributed by atoms with Crippen molar-refractivity contribution in [3.05, 3.63) is 39.2 Å². The zero-order valence-corrected chi connectivity index (χ0v) is 15.7. The lowest BCUT2D eigenvalue weighted by atomic mass is 10.1. The van der Waals surface area contributed by atoms with Gasteiger partial charge in [-0.1, -0.05) is 15.9 Å². The molecule has 0 fully saturated rings. The van der Waals surface area contributed by atoms with Gasteiger partial charge in [-0.05, 0) is 67.9 Å². The third-order valence-corrected chi connectivity index (χ3v) is 4.12. The molecule has 2 rings (SSSR count). The highest BCUT2D eigenvalue weighted by molar-refractivity contribution is 9.11. The van der Waals surface area contributed by atoms with Crippen LogP contribution >= 0.6 is 31.9 Å². The lowest BCUT2D eigenvalue weighted by Gasteiger charge is -2.20. The summed E-state index contributed by atoms with van der Waals surface area (Å²) in [5, 5.41) is 3.46. The van der Waals surface area contributed by atoms with Crippen molar-refractivity contribution in [3.63, 3.8) is 0 Å². The van der Waals surface area contributed by atoms with E-state index in [1.807, 2.05) is 18.2 Å². The predicted octanol–water partition coefficient (Wildman–Crippen LogP) is 5.19. The van der Waals surface area contributed by atoms with Crippen LogP contribution in [0, 0.1) is 0 Å². The van der Waals surface area contributed by atoms with Crippen LogP contribution in [-0.4, -0.2) is 17.1 Å². The van der Waals surface area contributed by atoms with Crippen molar-refractivity contribution >= 4 is 31.9 Å². The molecular weight excluding hydrogens is 396 g/mol. The third-order valence-electron chi connectivity index (χ3n) is 2.97. The lowest BCUT2D eigenvalue weighted by Crippen LogP contribution is -2.36. The molecule has 0 bridgehead atoms. The van der Waals surface area contributed by atoms with Crippen LogP contribution in [0.15, 0.2) is 37.8 Å². The summed E-state index contributed by atoms with van der Waals surface area (Å²) < 4.78 is 7.87. The van der Waals surface area contributed by atoms with Gasteiger partial charge in [-0.15, -0.1) is 0 Å². The van der Waals surface area contributed by atoms with E-state index in [4.69, 9.17) is 4.42 Å². The first-order valence-electron chi connectivity index (χ1n) is 7.00. The highest BCUT2D eigenvalue weighted by Crippen LogP contribution is 2.31. The number of benzene rings is 1. The van der Waals surface area contributed by atoms with Crippen LogP contribution in [0.3, 0.4) is 0 Å². The molecule has 1 heterocycles. The van der Waals surface area contributed by atoms with Gasteiger partial charge >= 0.3 is 0 Å². The molecule has 1 aromatic carbocycles. The maximum Gasteiger partial charge on any atom is 0.194 e. The largest absolute Gasteiger partial charge is 0.441 e. The molecule has 0 saturated heterocycles. The van der Waals surface area contributed by atoms with E-state index < -0.39 is 0 Å². The van der Waals surface area contributed by atoms with Crippen LogP contribution in [-0.2, 0) is 6.42 Å². The molecule has 0 spiro atoms. The number of rotatable bonds is 5. The Hall–Kier alpha value is -0.650. The number of nitrogens with one attached hydrogen (secondary N) is 1. The SMILES string of the molecule is CC(C)(C)NCCCc1ncc(-c2ccc(Br)cc2Br)o1. The summed E-state index contributed by atoms with van der Waals surface area (Å²) in [4.78, 5) is 4.36. The van der Waals surface area contributed by atoms with Gasteiger partial charge < -0.3 is 9.73 Å². The summed E-state index contributed by atoms with van der Waals surface area (Å²) >= 11 is 7.00. The summed E-state index contributed by atoms with van der Waals surface area (Å²) in [6.45, 7) is 7.47. The molecule has 5 heteroatoms. The Morgan fingerprint density at radius 3 is 2.67 bits per heavy atom. The second-order valence-corrected chi connectivity index (χ2v) is 7.79. The van der Waals surface area contributed by atoms with Gasteiger partial charge in [-0.2, -0.15) is 0 Å². The fourth-order valence-corrected chi connectivity index (χ4v) is 3.19.